The molecule has 0 N–H and O–H groups in total. The Morgan fingerprint density at radius 1 is 1.06 bits per heavy atom. The van der Waals surface area contributed by atoms with Crippen molar-refractivity contribution in [3.63, 3.8) is 0 Å². The molecule has 0 aliphatic carbocycles. The summed E-state index contributed by atoms with van der Waals surface area (Å²) in [6.45, 7) is 5.49. The van der Waals surface area contributed by atoms with Crippen molar-refractivity contribution in [1.29, 1.82) is 0 Å². The maximum absolute atomic E-state index is 13.2. The molecule has 1 aromatic carbocycles. The number of amides is 1. The molecule has 1 spiro atoms. The highest BCUT2D eigenvalue weighted by molar-refractivity contribution is 5.87. The van der Waals surface area contributed by atoms with Gasteiger partial charge in [-0.1, -0.05) is 50.2 Å². The standard InChI is InChI=1S/C16H18F3N3O2.C6H6.C2H6/c17-10-8-11(13(18)19)14(20-9-10)21-6-3-16(4-7-21)15(23)22-5-1-2-12(22)24-16;1-2-4-6-5-3-1;1-2/h8-9,12-13H,1-7H2;1-6H;1-2H3. The van der Waals surface area contributed by atoms with Gasteiger partial charge in [-0.25, -0.2) is 18.2 Å². The topological polar surface area (TPSA) is 45.7 Å². The summed E-state index contributed by atoms with van der Waals surface area (Å²) in [5, 5.41) is 0. The van der Waals surface area contributed by atoms with E-state index < -0.39 is 23.4 Å². The number of ether oxygens (including phenoxy) is 1. The first-order valence-corrected chi connectivity index (χ1v) is 11.2. The summed E-state index contributed by atoms with van der Waals surface area (Å²) in [6.07, 6.45) is 0.681. The fourth-order valence-corrected chi connectivity index (χ4v) is 4.33. The van der Waals surface area contributed by atoms with Crippen molar-refractivity contribution in [2.45, 2.75) is 57.8 Å². The zero-order chi connectivity index (χ0) is 23.1. The number of halogens is 3. The minimum Gasteiger partial charge on any atom is -0.356 e. The second kappa shape index (κ2) is 10.8. The molecule has 8 heteroatoms. The minimum absolute atomic E-state index is 0.0193. The fourth-order valence-electron chi connectivity index (χ4n) is 4.33. The van der Waals surface area contributed by atoms with Crippen molar-refractivity contribution in [3.8, 4) is 0 Å². The summed E-state index contributed by atoms with van der Waals surface area (Å²) in [4.78, 5) is 19.9. The number of rotatable bonds is 2. The number of benzene rings is 1. The van der Waals surface area contributed by atoms with Gasteiger partial charge in [-0.3, -0.25) is 4.79 Å². The van der Waals surface area contributed by atoms with E-state index in [2.05, 4.69) is 4.98 Å². The van der Waals surface area contributed by atoms with E-state index >= 15 is 0 Å². The predicted octanol–water partition coefficient (Wildman–Crippen LogP) is 5.19. The van der Waals surface area contributed by atoms with Gasteiger partial charge in [0.2, 0.25) is 0 Å². The van der Waals surface area contributed by atoms with Crippen LogP contribution in [0.1, 0.15) is 51.5 Å². The number of pyridine rings is 1. The van der Waals surface area contributed by atoms with E-state index in [1.54, 1.807) is 9.80 Å². The number of fused-ring (bicyclic) bond motifs is 1. The Kier molecular flexibility index (Phi) is 8.12. The van der Waals surface area contributed by atoms with Gasteiger partial charge in [-0.15, -0.1) is 0 Å². The zero-order valence-electron chi connectivity index (χ0n) is 18.5. The SMILES string of the molecule is CC.O=C1N2CCCC2OC12CCN(c1ncc(F)cc1C(F)F)CC2.c1ccccc1. The predicted molar refractivity (Wildman–Crippen MR) is 117 cm³/mol. The minimum atomic E-state index is -2.80. The molecule has 3 fully saturated rings. The Balaban J connectivity index is 0.000000309. The second-order valence-corrected chi connectivity index (χ2v) is 7.72. The highest BCUT2D eigenvalue weighted by Crippen LogP contribution is 2.41. The van der Waals surface area contributed by atoms with E-state index in [-0.39, 0.29) is 18.0 Å². The number of alkyl halides is 2. The summed E-state index contributed by atoms with van der Waals surface area (Å²) in [6, 6.07) is 12.8. The van der Waals surface area contributed by atoms with Crippen LogP contribution in [0.25, 0.3) is 0 Å². The first-order valence-electron chi connectivity index (χ1n) is 11.2. The zero-order valence-corrected chi connectivity index (χ0v) is 18.5. The summed E-state index contributed by atoms with van der Waals surface area (Å²) >= 11 is 0. The molecule has 4 heterocycles. The smallest absolute Gasteiger partial charge is 0.267 e. The molecule has 32 heavy (non-hydrogen) atoms. The number of piperidine rings is 1. The van der Waals surface area contributed by atoms with Gasteiger partial charge in [0.05, 0.1) is 11.8 Å². The summed E-state index contributed by atoms with van der Waals surface area (Å²) in [7, 11) is 0. The average Bonchev–Trinajstić information content (AvgIpc) is 3.38. The van der Waals surface area contributed by atoms with Crippen LogP contribution in [-0.4, -0.2) is 47.3 Å². The van der Waals surface area contributed by atoms with E-state index in [0.717, 1.165) is 31.6 Å². The van der Waals surface area contributed by atoms with Gasteiger partial charge in [0, 0.05) is 32.5 Å². The molecule has 1 atom stereocenters. The van der Waals surface area contributed by atoms with E-state index in [4.69, 9.17) is 4.74 Å². The van der Waals surface area contributed by atoms with Crippen molar-refractivity contribution < 1.29 is 22.7 Å². The molecule has 5 rings (SSSR count). The largest absolute Gasteiger partial charge is 0.356 e. The Morgan fingerprint density at radius 3 is 2.19 bits per heavy atom. The normalized spacial score (nSPS) is 21.1. The lowest BCUT2D eigenvalue weighted by Crippen LogP contribution is -2.50. The third-order valence-electron chi connectivity index (χ3n) is 5.84. The maximum atomic E-state index is 13.2. The number of nitrogens with zero attached hydrogens (tertiary/aromatic N) is 3. The lowest BCUT2D eigenvalue weighted by molar-refractivity contribution is -0.139. The molecule has 0 radical (unpaired) electrons. The monoisotopic (exact) mass is 449 g/mol. The van der Waals surface area contributed by atoms with Crippen LogP contribution in [0, 0.1) is 5.82 Å². The molecule has 0 saturated carbocycles. The molecule has 1 aromatic heterocycles. The number of hydrogen-bond acceptors (Lipinski definition) is 4. The maximum Gasteiger partial charge on any atom is 0.267 e. The van der Waals surface area contributed by atoms with Gasteiger partial charge in [-0.05, 0) is 18.9 Å². The van der Waals surface area contributed by atoms with Gasteiger partial charge in [0.1, 0.15) is 17.9 Å². The van der Waals surface area contributed by atoms with Crippen molar-refractivity contribution >= 4 is 11.7 Å². The van der Waals surface area contributed by atoms with Crippen molar-refractivity contribution in [2.24, 2.45) is 0 Å². The van der Waals surface area contributed by atoms with Gasteiger partial charge < -0.3 is 14.5 Å². The molecule has 0 bridgehead atoms. The van der Waals surface area contributed by atoms with E-state index in [1.807, 2.05) is 50.2 Å². The molecule has 3 aliphatic heterocycles. The number of aromatic nitrogens is 1. The molecular weight excluding hydrogens is 419 g/mol. The number of anilines is 1. The number of hydrogen-bond donors (Lipinski definition) is 0. The Morgan fingerprint density at radius 2 is 1.66 bits per heavy atom. The average molecular weight is 450 g/mol. The molecule has 3 saturated heterocycles. The lowest BCUT2D eigenvalue weighted by atomic mass is 9.90. The molecule has 3 aliphatic rings. The van der Waals surface area contributed by atoms with E-state index in [0.29, 0.717) is 25.9 Å². The van der Waals surface area contributed by atoms with Gasteiger partial charge in [-0.2, -0.15) is 0 Å². The molecule has 2 aromatic rings. The first kappa shape index (κ1) is 24.0. The summed E-state index contributed by atoms with van der Waals surface area (Å²) < 4.78 is 45.6. The van der Waals surface area contributed by atoms with Gasteiger partial charge >= 0.3 is 0 Å². The Hall–Kier alpha value is -2.61. The van der Waals surface area contributed by atoms with E-state index in [9.17, 15) is 18.0 Å². The van der Waals surface area contributed by atoms with Crippen LogP contribution >= 0.6 is 0 Å². The quantitative estimate of drug-likeness (QED) is 0.633. The van der Waals surface area contributed by atoms with Crippen LogP contribution in [0.3, 0.4) is 0 Å². The molecular formula is C24H30F3N3O2. The van der Waals surface area contributed by atoms with Gasteiger partial charge in [0.15, 0.2) is 5.60 Å². The Bertz CT molecular complexity index is 847. The summed E-state index contributed by atoms with van der Waals surface area (Å²) in [5.41, 5.74) is -1.24. The third kappa shape index (κ3) is 5.06. The van der Waals surface area contributed by atoms with Crippen LogP contribution in [0.2, 0.25) is 0 Å². The van der Waals surface area contributed by atoms with Crippen LogP contribution in [-0.2, 0) is 9.53 Å². The van der Waals surface area contributed by atoms with Crippen molar-refractivity contribution in [2.75, 3.05) is 24.5 Å². The van der Waals surface area contributed by atoms with Crippen LogP contribution in [0.4, 0.5) is 19.0 Å². The fraction of sp³-hybridized carbons (Fsp3) is 0.500. The lowest BCUT2D eigenvalue weighted by Gasteiger charge is -2.38. The molecule has 5 nitrogen and oxygen atoms in total. The van der Waals surface area contributed by atoms with Gasteiger partial charge in [0.25, 0.3) is 12.3 Å². The second-order valence-electron chi connectivity index (χ2n) is 7.72. The summed E-state index contributed by atoms with van der Waals surface area (Å²) in [5.74, 6) is -0.671. The van der Waals surface area contributed by atoms with Crippen LogP contribution < -0.4 is 4.90 Å². The number of carbonyl (C=O) groups excluding carboxylic acids is 1. The van der Waals surface area contributed by atoms with Crippen molar-refractivity contribution in [3.05, 3.63) is 60.0 Å². The van der Waals surface area contributed by atoms with Crippen LogP contribution in [0.15, 0.2) is 48.7 Å². The van der Waals surface area contributed by atoms with E-state index in [1.165, 1.54) is 0 Å². The molecule has 174 valence electrons. The van der Waals surface area contributed by atoms with Crippen molar-refractivity contribution in [1.82, 2.24) is 9.88 Å². The first-order chi connectivity index (χ1) is 15.5. The highest BCUT2D eigenvalue weighted by Gasteiger charge is 2.55. The molecule has 1 unspecified atom stereocenters. The number of carbonyl (C=O) groups is 1. The molecule has 1 amide bonds. The Labute approximate surface area is 187 Å². The highest BCUT2D eigenvalue weighted by atomic mass is 19.3. The van der Waals surface area contributed by atoms with Crippen LogP contribution in [0.5, 0.6) is 0 Å². The third-order valence-corrected chi connectivity index (χ3v) is 5.84.